The third kappa shape index (κ3) is 2.29. The van der Waals surface area contributed by atoms with Gasteiger partial charge in [0.25, 0.3) is 0 Å². The van der Waals surface area contributed by atoms with Crippen LogP contribution >= 0.6 is 0 Å². The van der Waals surface area contributed by atoms with Crippen LogP contribution in [0.3, 0.4) is 0 Å². The Bertz CT molecular complexity index is 339. The van der Waals surface area contributed by atoms with E-state index < -0.39 is 11.8 Å². The van der Waals surface area contributed by atoms with E-state index in [1.807, 2.05) is 0 Å². The first-order valence-corrected chi connectivity index (χ1v) is 4.34. The lowest BCUT2D eigenvalue weighted by atomic mass is 10.1. The summed E-state index contributed by atoms with van der Waals surface area (Å²) in [5.74, 6) is -0.859. The summed E-state index contributed by atoms with van der Waals surface area (Å²) in [6.45, 7) is 2.08. The molecule has 1 rings (SSSR count). The van der Waals surface area contributed by atoms with Gasteiger partial charge in [-0.05, 0) is 25.1 Å². The summed E-state index contributed by atoms with van der Waals surface area (Å²) >= 11 is 0. The van der Waals surface area contributed by atoms with E-state index >= 15 is 0 Å². The zero-order valence-electron chi connectivity index (χ0n) is 7.92. The zero-order valence-corrected chi connectivity index (χ0v) is 7.92. The van der Waals surface area contributed by atoms with E-state index in [0.717, 1.165) is 0 Å². The standard InChI is InChI=1S/C10H12FNO2/c1-2-14-10(13)7-3-4-9(11)8(5-7)6-12/h3-5H,2,6,12H2,1H3. The molecule has 0 aliphatic heterocycles. The Morgan fingerprint density at radius 2 is 2.29 bits per heavy atom. The van der Waals surface area contributed by atoms with Gasteiger partial charge in [-0.15, -0.1) is 0 Å². The maximum Gasteiger partial charge on any atom is 0.338 e. The number of carbonyl (C=O) groups is 1. The van der Waals surface area contributed by atoms with Gasteiger partial charge in [-0.1, -0.05) is 0 Å². The van der Waals surface area contributed by atoms with Crippen LogP contribution in [-0.2, 0) is 11.3 Å². The van der Waals surface area contributed by atoms with Gasteiger partial charge in [-0.2, -0.15) is 0 Å². The maximum atomic E-state index is 13.0. The summed E-state index contributed by atoms with van der Waals surface area (Å²) in [7, 11) is 0. The summed E-state index contributed by atoms with van der Waals surface area (Å²) in [6, 6.07) is 4.01. The number of esters is 1. The first-order chi connectivity index (χ1) is 6.69. The topological polar surface area (TPSA) is 52.3 Å². The minimum atomic E-state index is -0.456. The van der Waals surface area contributed by atoms with E-state index in [0.29, 0.717) is 17.7 Å². The van der Waals surface area contributed by atoms with Crippen LogP contribution in [0.4, 0.5) is 4.39 Å². The lowest BCUT2D eigenvalue weighted by molar-refractivity contribution is 0.0526. The Hall–Kier alpha value is -1.42. The summed E-state index contributed by atoms with van der Waals surface area (Å²) in [4.78, 5) is 11.2. The van der Waals surface area contributed by atoms with Gasteiger partial charge >= 0.3 is 5.97 Å². The Balaban J connectivity index is 2.94. The molecule has 0 bridgehead atoms. The van der Waals surface area contributed by atoms with Crippen molar-refractivity contribution in [2.75, 3.05) is 6.61 Å². The lowest BCUT2D eigenvalue weighted by Crippen LogP contribution is -2.07. The van der Waals surface area contributed by atoms with Crippen molar-refractivity contribution in [1.82, 2.24) is 0 Å². The fourth-order valence-electron chi connectivity index (χ4n) is 1.07. The molecule has 0 amide bonds. The molecule has 4 heteroatoms. The molecule has 2 N–H and O–H groups in total. The van der Waals surface area contributed by atoms with Gasteiger partial charge in [-0.3, -0.25) is 0 Å². The SMILES string of the molecule is CCOC(=O)c1ccc(F)c(CN)c1. The van der Waals surface area contributed by atoms with Crippen LogP contribution in [0.5, 0.6) is 0 Å². The smallest absolute Gasteiger partial charge is 0.338 e. The molecule has 0 saturated carbocycles. The van der Waals surface area contributed by atoms with Crippen molar-refractivity contribution < 1.29 is 13.9 Å². The number of nitrogens with two attached hydrogens (primary N) is 1. The van der Waals surface area contributed by atoms with E-state index in [-0.39, 0.29) is 6.54 Å². The molecule has 0 unspecified atom stereocenters. The van der Waals surface area contributed by atoms with Gasteiger partial charge in [0.15, 0.2) is 0 Å². The van der Waals surface area contributed by atoms with Gasteiger partial charge < -0.3 is 10.5 Å². The van der Waals surface area contributed by atoms with Crippen molar-refractivity contribution in [1.29, 1.82) is 0 Å². The molecule has 0 spiro atoms. The quantitative estimate of drug-likeness (QED) is 0.746. The molecule has 76 valence electrons. The lowest BCUT2D eigenvalue weighted by Gasteiger charge is -2.04. The Kier molecular flexibility index (Phi) is 3.59. The first-order valence-electron chi connectivity index (χ1n) is 4.34. The average molecular weight is 197 g/mol. The van der Waals surface area contributed by atoms with Crippen LogP contribution in [0.2, 0.25) is 0 Å². The Morgan fingerprint density at radius 1 is 1.57 bits per heavy atom. The van der Waals surface area contributed by atoms with Crippen molar-refractivity contribution in [2.24, 2.45) is 5.73 Å². The average Bonchev–Trinajstić information content (AvgIpc) is 2.19. The summed E-state index contributed by atoms with van der Waals surface area (Å²) in [5.41, 5.74) is 5.94. The molecule has 0 fully saturated rings. The Labute approximate surface area is 81.7 Å². The molecular weight excluding hydrogens is 185 g/mol. The molecule has 0 aliphatic rings. The highest BCUT2D eigenvalue weighted by atomic mass is 19.1. The number of hydrogen-bond acceptors (Lipinski definition) is 3. The predicted octanol–water partition coefficient (Wildman–Crippen LogP) is 1.46. The van der Waals surface area contributed by atoms with Gasteiger partial charge in [0.1, 0.15) is 5.82 Å². The van der Waals surface area contributed by atoms with E-state index in [9.17, 15) is 9.18 Å². The molecular formula is C10H12FNO2. The van der Waals surface area contributed by atoms with Crippen molar-refractivity contribution in [2.45, 2.75) is 13.5 Å². The molecule has 0 radical (unpaired) electrons. The second-order valence-electron chi connectivity index (χ2n) is 2.73. The van der Waals surface area contributed by atoms with Gasteiger partial charge in [0.05, 0.1) is 12.2 Å². The molecule has 0 saturated heterocycles. The van der Waals surface area contributed by atoms with E-state index in [2.05, 4.69) is 0 Å². The number of benzene rings is 1. The van der Waals surface area contributed by atoms with E-state index in [1.54, 1.807) is 6.92 Å². The van der Waals surface area contributed by atoms with Gasteiger partial charge in [0.2, 0.25) is 0 Å². The van der Waals surface area contributed by atoms with Crippen molar-refractivity contribution >= 4 is 5.97 Å². The molecule has 1 aromatic carbocycles. The number of halogens is 1. The molecule has 0 aromatic heterocycles. The van der Waals surface area contributed by atoms with Crippen LogP contribution < -0.4 is 5.73 Å². The van der Waals surface area contributed by atoms with Crippen molar-refractivity contribution in [3.8, 4) is 0 Å². The second-order valence-corrected chi connectivity index (χ2v) is 2.73. The minimum absolute atomic E-state index is 0.0685. The first kappa shape index (κ1) is 10.7. The third-order valence-corrected chi connectivity index (χ3v) is 1.78. The fourth-order valence-corrected chi connectivity index (χ4v) is 1.07. The molecule has 14 heavy (non-hydrogen) atoms. The maximum absolute atomic E-state index is 13.0. The normalized spacial score (nSPS) is 9.93. The monoisotopic (exact) mass is 197 g/mol. The molecule has 0 atom stereocenters. The van der Waals surface area contributed by atoms with Crippen LogP contribution in [0.1, 0.15) is 22.8 Å². The van der Waals surface area contributed by atoms with Crippen molar-refractivity contribution in [3.63, 3.8) is 0 Å². The van der Waals surface area contributed by atoms with Crippen LogP contribution in [0.25, 0.3) is 0 Å². The Morgan fingerprint density at radius 3 is 2.86 bits per heavy atom. The number of rotatable bonds is 3. The van der Waals surface area contributed by atoms with Gasteiger partial charge in [0, 0.05) is 12.1 Å². The molecule has 1 aromatic rings. The highest BCUT2D eigenvalue weighted by Gasteiger charge is 2.09. The number of hydrogen-bond donors (Lipinski definition) is 1. The summed E-state index contributed by atoms with van der Waals surface area (Å²) in [5, 5.41) is 0. The highest BCUT2D eigenvalue weighted by Crippen LogP contribution is 2.10. The zero-order chi connectivity index (χ0) is 10.6. The van der Waals surface area contributed by atoms with Crippen LogP contribution in [0.15, 0.2) is 18.2 Å². The molecule has 0 heterocycles. The van der Waals surface area contributed by atoms with Crippen LogP contribution in [0, 0.1) is 5.82 Å². The highest BCUT2D eigenvalue weighted by molar-refractivity contribution is 5.89. The van der Waals surface area contributed by atoms with E-state index in [1.165, 1.54) is 18.2 Å². The van der Waals surface area contributed by atoms with Gasteiger partial charge in [-0.25, -0.2) is 9.18 Å². The second kappa shape index (κ2) is 4.72. The number of carbonyl (C=O) groups excluding carboxylic acids is 1. The van der Waals surface area contributed by atoms with Crippen LogP contribution in [-0.4, -0.2) is 12.6 Å². The summed E-state index contributed by atoms with van der Waals surface area (Å²) in [6.07, 6.45) is 0. The predicted molar refractivity (Wildman–Crippen MR) is 50.2 cm³/mol. The number of ether oxygens (including phenoxy) is 1. The van der Waals surface area contributed by atoms with Crippen molar-refractivity contribution in [3.05, 3.63) is 35.1 Å². The molecule has 3 nitrogen and oxygen atoms in total. The van der Waals surface area contributed by atoms with E-state index in [4.69, 9.17) is 10.5 Å². The third-order valence-electron chi connectivity index (χ3n) is 1.78. The molecule has 0 aliphatic carbocycles. The minimum Gasteiger partial charge on any atom is -0.462 e. The largest absolute Gasteiger partial charge is 0.462 e. The fraction of sp³-hybridized carbons (Fsp3) is 0.300. The summed E-state index contributed by atoms with van der Waals surface area (Å²) < 4.78 is 17.8.